The second-order valence-corrected chi connectivity index (χ2v) is 11.2. The summed E-state index contributed by atoms with van der Waals surface area (Å²) in [5.41, 5.74) is 1.32. The molecule has 196 valence electrons. The van der Waals surface area contributed by atoms with Crippen LogP contribution in [0.2, 0.25) is 0 Å². The molecule has 0 saturated carbocycles. The number of Topliss-reactive ketones (excluding diaryl/α,β-unsaturated/α-hetero) is 1. The molecule has 0 heterocycles. The minimum atomic E-state index is 0.189. The summed E-state index contributed by atoms with van der Waals surface area (Å²) in [4.78, 5) is 12.7. The summed E-state index contributed by atoms with van der Waals surface area (Å²) in [6, 6.07) is 0. The lowest BCUT2D eigenvalue weighted by molar-refractivity contribution is -0.124. The fourth-order valence-electron chi connectivity index (χ4n) is 5.18. The van der Waals surface area contributed by atoms with Crippen LogP contribution < -0.4 is 0 Å². The highest BCUT2D eigenvalue weighted by molar-refractivity contribution is 5.81. The van der Waals surface area contributed by atoms with Gasteiger partial charge >= 0.3 is 0 Å². The molecule has 33 heavy (non-hydrogen) atoms. The first-order valence-corrected chi connectivity index (χ1v) is 15.1. The van der Waals surface area contributed by atoms with Crippen LogP contribution >= 0.6 is 0 Å². The van der Waals surface area contributed by atoms with E-state index in [1.807, 2.05) is 6.92 Å². The number of ketones is 1. The Labute approximate surface area is 210 Å². The Kier molecular flexibility index (Phi) is 21.5. The third-order valence-electron chi connectivity index (χ3n) is 8.40. The molecule has 0 fully saturated rings. The predicted molar refractivity (Wildman–Crippen MR) is 150 cm³/mol. The van der Waals surface area contributed by atoms with E-state index in [2.05, 4.69) is 41.2 Å². The zero-order valence-corrected chi connectivity index (χ0v) is 23.9. The van der Waals surface area contributed by atoms with Gasteiger partial charge in [-0.1, -0.05) is 150 Å². The standard InChI is InChI=1S/C32H62O/c1-8-11-12-13-14-15-16-17-18-19-20-21-22-24-29(6)30(7)31(32(33)10-3)26-23-25-28(5)27(4)9-2/h27-28,30-31H,6,8-26H2,1-5,7H3. The van der Waals surface area contributed by atoms with Gasteiger partial charge in [0.15, 0.2) is 0 Å². The number of hydrogen-bond acceptors (Lipinski definition) is 1. The maximum Gasteiger partial charge on any atom is 0.136 e. The largest absolute Gasteiger partial charge is 0.299 e. The summed E-state index contributed by atoms with van der Waals surface area (Å²) in [5.74, 6) is 2.53. The zero-order valence-electron chi connectivity index (χ0n) is 23.9. The Morgan fingerprint density at radius 3 is 1.58 bits per heavy atom. The lowest BCUT2D eigenvalue weighted by atomic mass is 9.78. The van der Waals surface area contributed by atoms with Gasteiger partial charge in [-0.3, -0.25) is 4.79 Å². The molecule has 0 rings (SSSR count). The van der Waals surface area contributed by atoms with Crippen LogP contribution in [0.4, 0.5) is 0 Å². The Balaban J connectivity index is 3.99. The predicted octanol–water partition coefficient (Wildman–Crippen LogP) is 11.1. The van der Waals surface area contributed by atoms with Gasteiger partial charge in [-0.25, -0.2) is 0 Å². The topological polar surface area (TPSA) is 17.1 Å². The summed E-state index contributed by atoms with van der Waals surface area (Å²) >= 11 is 0. The van der Waals surface area contributed by atoms with Crippen LogP contribution in [0.15, 0.2) is 12.2 Å². The van der Waals surface area contributed by atoms with Gasteiger partial charge in [0.25, 0.3) is 0 Å². The number of hydrogen-bond donors (Lipinski definition) is 0. The number of allylic oxidation sites excluding steroid dienone is 1. The Hall–Kier alpha value is -0.590. The van der Waals surface area contributed by atoms with Crippen LogP contribution in [0, 0.1) is 23.7 Å². The smallest absolute Gasteiger partial charge is 0.136 e. The quantitative estimate of drug-likeness (QED) is 0.103. The van der Waals surface area contributed by atoms with Crippen molar-refractivity contribution < 1.29 is 4.79 Å². The van der Waals surface area contributed by atoms with Crippen molar-refractivity contribution in [3.05, 3.63) is 12.2 Å². The third kappa shape index (κ3) is 16.6. The van der Waals surface area contributed by atoms with E-state index in [1.54, 1.807) is 0 Å². The van der Waals surface area contributed by atoms with Crippen molar-refractivity contribution >= 4 is 5.78 Å². The maximum atomic E-state index is 12.7. The Morgan fingerprint density at radius 1 is 0.636 bits per heavy atom. The third-order valence-corrected chi connectivity index (χ3v) is 8.40. The van der Waals surface area contributed by atoms with Crippen LogP contribution in [0.5, 0.6) is 0 Å². The van der Waals surface area contributed by atoms with Gasteiger partial charge in [0.2, 0.25) is 0 Å². The number of carbonyl (C=O) groups excluding carboxylic acids is 1. The second kappa shape index (κ2) is 21.9. The highest BCUT2D eigenvalue weighted by Gasteiger charge is 2.25. The molecule has 0 aliphatic rings. The molecule has 1 nitrogen and oxygen atoms in total. The van der Waals surface area contributed by atoms with E-state index in [-0.39, 0.29) is 5.92 Å². The van der Waals surface area contributed by atoms with Crippen molar-refractivity contribution in [3.8, 4) is 0 Å². The molecule has 0 amide bonds. The summed E-state index contributed by atoms with van der Waals surface area (Å²) < 4.78 is 0. The molecule has 0 aliphatic heterocycles. The summed E-state index contributed by atoms with van der Waals surface area (Å²) in [5, 5.41) is 0. The minimum Gasteiger partial charge on any atom is -0.299 e. The van der Waals surface area contributed by atoms with Gasteiger partial charge in [-0.05, 0) is 37.0 Å². The molecule has 0 bridgehead atoms. The van der Waals surface area contributed by atoms with Crippen molar-refractivity contribution in [1.82, 2.24) is 0 Å². The first-order valence-electron chi connectivity index (χ1n) is 15.1. The average molecular weight is 463 g/mol. The maximum absolute atomic E-state index is 12.7. The normalized spacial score (nSPS) is 15.2. The molecule has 0 saturated heterocycles. The van der Waals surface area contributed by atoms with Gasteiger partial charge in [-0.2, -0.15) is 0 Å². The van der Waals surface area contributed by atoms with Crippen LogP contribution in [-0.4, -0.2) is 5.78 Å². The molecule has 4 unspecified atom stereocenters. The molecule has 0 N–H and O–H groups in total. The number of unbranched alkanes of at least 4 members (excludes halogenated alkanes) is 12. The lowest BCUT2D eigenvalue weighted by Crippen LogP contribution is -2.23. The van der Waals surface area contributed by atoms with E-state index >= 15 is 0 Å². The lowest BCUT2D eigenvalue weighted by Gasteiger charge is -2.26. The van der Waals surface area contributed by atoms with Crippen molar-refractivity contribution in [2.45, 2.75) is 164 Å². The van der Waals surface area contributed by atoms with Crippen molar-refractivity contribution in [2.24, 2.45) is 23.7 Å². The Morgan fingerprint density at radius 2 is 1.12 bits per heavy atom. The van der Waals surface area contributed by atoms with E-state index in [9.17, 15) is 4.79 Å². The fraction of sp³-hybridized carbons (Fsp3) is 0.906. The van der Waals surface area contributed by atoms with E-state index in [1.165, 1.54) is 108 Å². The van der Waals surface area contributed by atoms with Crippen molar-refractivity contribution in [2.75, 3.05) is 0 Å². The molecule has 0 aromatic rings. The SMILES string of the molecule is C=C(CCCCCCCCCCCCCCC)C(C)C(CCCC(C)C(C)CC)C(=O)CC. The van der Waals surface area contributed by atoms with Gasteiger partial charge in [0.05, 0.1) is 0 Å². The van der Waals surface area contributed by atoms with E-state index in [4.69, 9.17) is 0 Å². The summed E-state index contributed by atoms with van der Waals surface area (Å²) in [7, 11) is 0. The van der Waals surface area contributed by atoms with E-state index in [0.717, 1.165) is 24.7 Å². The number of rotatable bonds is 24. The zero-order chi connectivity index (χ0) is 24.9. The molecular formula is C32H62O. The highest BCUT2D eigenvalue weighted by atomic mass is 16.1. The molecule has 0 aliphatic carbocycles. The highest BCUT2D eigenvalue weighted by Crippen LogP contribution is 2.31. The fourth-order valence-corrected chi connectivity index (χ4v) is 5.18. The molecule has 0 radical (unpaired) electrons. The van der Waals surface area contributed by atoms with Gasteiger partial charge < -0.3 is 0 Å². The van der Waals surface area contributed by atoms with E-state index < -0.39 is 0 Å². The van der Waals surface area contributed by atoms with Gasteiger partial charge in [0, 0.05) is 12.3 Å². The van der Waals surface area contributed by atoms with E-state index in [0.29, 0.717) is 18.1 Å². The van der Waals surface area contributed by atoms with Crippen LogP contribution in [0.1, 0.15) is 164 Å². The number of carbonyl (C=O) groups is 1. The molecular weight excluding hydrogens is 400 g/mol. The molecule has 0 spiro atoms. The summed E-state index contributed by atoms with van der Waals surface area (Å²) in [6.45, 7) is 18.0. The van der Waals surface area contributed by atoms with Crippen LogP contribution in [-0.2, 0) is 4.79 Å². The molecule has 0 aromatic carbocycles. The average Bonchev–Trinajstić information content (AvgIpc) is 2.82. The molecule has 0 aromatic heterocycles. The van der Waals surface area contributed by atoms with Crippen molar-refractivity contribution in [1.29, 1.82) is 0 Å². The van der Waals surface area contributed by atoms with Gasteiger partial charge in [-0.15, -0.1) is 0 Å². The van der Waals surface area contributed by atoms with Crippen LogP contribution in [0.3, 0.4) is 0 Å². The summed E-state index contributed by atoms with van der Waals surface area (Å²) in [6.07, 6.45) is 24.6. The second-order valence-electron chi connectivity index (χ2n) is 11.2. The van der Waals surface area contributed by atoms with Crippen molar-refractivity contribution in [3.63, 3.8) is 0 Å². The molecule has 1 heteroatoms. The molecule has 4 atom stereocenters. The van der Waals surface area contributed by atoms with Gasteiger partial charge in [0.1, 0.15) is 5.78 Å². The first-order chi connectivity index (χ1) is 15.9. The monoisotopic (exact) mass is 462 g/mol. The Bertz CT molecular complexity index is 465. The first kappa shape index (κ1) is 32.4. The van der Waals surface area contributed by atoms with Crippen LogP contribution in [0.25, 0.3) is 0 Å². The minimum absolute atomic E-state index is 0.189.